The highest BCUT2D eigenvalue weighted by molar-refractivity contribution is 5.70. The average molecular weight is 245 g/mol. The lowest BCUT2D eigenvalue weighted by Crippen LogP contribution is -2.27. The van der Waals surface area contributed by atoms with Crippen LogP contribution in [-0.2, 0) is 14.3 Å². The van der Waals surface area contributed by atoms with Gasteiger partial charge in [0.25, 0.3) is 0 Å². The van der Waals surface area contributed by atoms with Gasteiger partial charge in [0.2, 0.25) is 0 Å². The van der Waals surface area contributed by atoms with Crippen molar-refractivity contribution >= 4 is 5.97 Å². The Bertz CT molecular complexity index is 209. The first-order valence-electron chi connectivity index (χ1n) is 6.35. The molecule has 0 aromatic carbocycles. The number of carbonyl (C=O) groups is 1. The maximum Gasteiger partial charge on any atom is 0.307 e. The molecule has 0 rings (SSSR count). The van der Waals surface area contributed by atoms with E-state index in [0.717, 1.165) is 19.6 Å². The van der Waals surface area contributed by atoms with E-state index >= 15 is 0 Å². The Kier molecular flexibility index (Phi) is 8.17. The van der Waals surface area contributed by atoms with E-state index in [1.54, 1.807) is 0 Å². The van der Waals surface area contributed by atoms with E-state index in [-0.39, 0.29) is 17.7 Å². The van der Waals surface area contributed by atoms with Crippen molar-refractivity contribution in [1.29, 1.82) is 0 Å². The molecule has 0 unspecified atom stereocenters. The van der Waals surface area contributed by atoms with E-state index in [0.29, 0.717) is 13.0 Å². The van der Waals surface area contributed by atoms with E-state index in [1.807, 2.05) is 34.6 Å². The molecule has 4 nitrogen and oxygen atoms in total. The first-order chi connectivity index (χ1) is 7.81. The van der Waals surface area contributed by atoms with Crippen LogP contribution in [0.4, 0.5) is 0 Å². The SMILES string of the molecule is CC(C)OCCCNCCC(=O)OC(C)(C)C. The Balaban J connectivity index is 3.31. The molecule has 0 radical (unpaired) electrons. The van der Waals surface area contributed by atoms with Crippen LogP contribution in [0.1, 0.15) is 47.5 Å². The van der Waals surface area contributed by atoms with Crippen molar-refractivity contribution in [1.82, 2.24) is 5.32 Å². The van der Waals surface area contributed by atoms with Crippen molar-refractivity contribution in [3.8, 4) is 0 Å². The predicted molar refractivity (Wildman–Crippen MR) is 69.0 cm³/mol. The van der Waals surface area contributed by atoms with Gasteiger partial charge in [-0.3, -0.25) is 4.79 Å². The van der Waals surface area contributed by atoms with Gasteiger partial charge in [0.05, 0.1) is 12.5 Å². The number of ether oxygens (including phenoxy) is 2. The van der Waals surface area contributed by atoms with Crippen LogP contribution >= 0.6 is 0 Å². The number of hydrogen-bond acceptors (Lipinski definition) is 4. The second-order valence-corrected chi connectivity index (χ2v) is 5.36. The minimum Gasteiger partial charge on any atom is -0.460 e. The topological polar surface area (TPSA) is 47.6 Å². The molecule has 0 fully saturated rings. The van der Waals surface area contributed by atoms with E-state index in [2.05, 4.69) is 5.32 Å². The lowest BCUT2D eigenvalue weighted by atomic mass is 10.2. The van der Waals surface area contributed by atoms with Crippen LogP contribution in [0.3, 0.4) is 0 Å². The van der Waals surface area contributed by atoms with Gasteiger partial charge in [-0.1, -0.05) is 0 Å². The molecule has 0 amide bonds. The minimum atomic E-state index is -0.387. The molecule has 0 aromatic rings. The normalized spacial score (nSPS) is 11.9. The summed E-state index contributed by atoms with van der Waals surface area (Å²) in [7, 11) is 0. The van der Waals surface area contributed by atoms with Gasteiger partial charge < -0.3 is 14.8 Å². The zero-order valence-corrected chi connectivity index (χ0v) is 11.8. The second kappa shape index (κ2) is 8.48. The van der Waals surface area contributed by atoms with Crippen LogP contribution in [0.5, 0.6) is 0 Å². The van der Waals surface area contributed by atoms with Gasteiger partial charge in [0, 0.05) is 13.2 Å². The number of carbonyl (C=O) groups excluding carboxylic acids is 1. The van der Waals surface area contributed by atoms with Crippen molar-refractivity contribution in [3.05, 3.63) is 0 Å². The van der Waals surface area contributed by atoms with Gasteiger partial charge in [0.15, 0.2) is 0 Å². The summed E-state index contributed by atoms with van der Waals surface area (Å²) in [5.41, 5.74) is -0.387. The van der Waals surface area contributed by atoms with Gasteiger partial charge in [-0.25, -0.2) is 0 Å². The van der Waals surface area contributed by atoms with Gasteiger partial charge >= 0.3 is 5.97 Å². The molecule has 0 saturated heterocycles. The summed E-state index contributed by atoms with van der Waals surface area (Å²) >= 11 is 0. The molecule has 0 heterocycles. The lowest BCUT2D eigenvalue weighted by Gasteiger charge is -2.19. The van der Waals surface area contributed by atoms with Gasteiger partial charge in [-0.2, -0.15) is 0 Å². The van der Waals surface area contributed by atoms with Gasteiger partial charge in [-0.15, -0.1) is 0 Å². The van der Waals surface area contributed by atoms with Gasteiger partial charge in [-0.05, 0) is 47.6 Å². The summed E-state index contributed by atoms with van der Waals surface area (Å²) < 4.78 is 10.6. The van der Waals surface area contributed by atoms with Crippen LogP contribution in [-0.4, -0.2) is 37.4 Å². The number of hydrogen-bond donors (Lipinski definition) is 1. The molecule has 0 spiro atoms. The van der Waals surface area contributed by atoms with E-state index in [9.17, 15) is 4.79 Å². The van der Waals surface area contributed by atoms with Crippen LogP contribution in [0.25, 0.3) is 0 Å². The van der Waals surface area contributed by atoms with Crippen molar-refractivity contribution in [2.45, 2.75) is 59.2 Å². The molecule has 4 heteroatoms. The third kappa shape index (κ3) is 13.3. The van der Waals surface area contributed by atoms with E-state index in [4.69, 9.17) is 9.47 Å². The van der Waals surface area contributed by atoms with Gasteiger partial charge in [0.1, 0.15) is 5.60 Å². The Hall–Kier alpha value is -0.610. The largest absolute Gasteiger partial charge is 0.460 e. The molecule has 0 aliphatic carbocycles. The van der Waals surface area contributed by atoms with Crippen LogP contribution in [0, 0.1) is 0 Å². The summed E-state index contributed by atoms with van der Waals surface area (Å²) in [5.74, 6) is -0.150. The molecule has 0 aliphatic heterocycles. The zero-order chi connectivity index (χ0) is 13.3. The zero-order valence-electron chi connectivity index (χ0n) is 11.8. The highest BCUT2D eigenvalue weighted by atomic mass is 16.6. The van der Waals surface area contributed by atoms with Crippen LogP contribution in [0.2, 0.25) is 0 Å². The van der Waals surface area contributed by atoms with E-state index in [1.165, 1.54) is 0 Å². The molecule has 102 valence electrons. The Labute approximate surface area is 105 Å². The molecule has 0 saturated carbocycles. The molecule has 0 atom stereocenters. The molecule has 0 aromatic heterocycles. The molecular formula is C13H27NO3. The van der Waals surface area contributed by atoms with Crippen LogP contribution in [0.15, 0.2) is 0 Å². The summed E-state index contributed by atoms with van der Waals surface area (Å²) in [4.78, 5) is 11.3. The number of nitrogens with one attached hydrogen (secondary N) is 1. The first-order valence-corrected chi connectivity index (χ1v) is 6.35. The Morgan fingerprint density at radius 3 is 2.41 bits per heavy atom. The van der Waals surface area contributed by atoms with E-state index < -0.39 is 0 Å². The first kappa shape index (κ1) is 16.4. The fourth-order valence-electron chi connectivity index (χ4n) is 1.22. The molecular weight excluding hydrogens is 218 g/mol. The summed E-state index contributed by atoms with van der Waals surface area (Å²) in [6.07, 6.45) is 1.67. The van der Waals surface area contributed by atoms with Crippen LogP contribution < -0.4 is 5.32 Å². The summed E-state index contributed by atoms with van der Waals surface area (Å²) in [6.45, 7) is 12.0. The maximum atomic E-state index is 11.3. The summed E-state index contributed by atoms with van der Waals surface area (Å²) in [5, 5.41) is 3.19. The third-order valence-corrected chi connectivity index (χ3v) is 1.87. The number of esters is 1. The molecule has 0 aliphatic rings. The molecule has 1 N–H and O–H groups in total. The maximum absolute atomic E-state index is 11.3. The highest BCUT2D eigenvalue weighted by Crippen LogP contribution is 2.07. The predicted octanol–water partition coefficient (Wildman–Crippen LogP) is 2.12. The smallest absolute Gasteiger partial charge is 0.307 e. The van der Waals surface area contributed by atoms with Crippen molar-refractivity contribution < 1.29 is 14.3 Å². The quantitative estimate of drug-likeness (QED) is 0.525. The lowest BCUT2D eigenvalue weighted by molar-refractivity contribution is -0.154. The fourth-order valence-corrected chi connectivity index (χ4v) is 1.22. The monoisotopic (exact) mass is 245 g/mol. The molecule has 17 heavy (non-hydrogen) atoms. The Morgan fingerprint density at radius 1 is 1.24 bits per heavy atom. The fraction of sp³-hybridized carbons (Fsp3) is 0.923. The number of rotatable bonds is 8. The minimum absolute atomic E-state index is 0.150. The third-order valence-electron chi connectivity index (χ3n) is 1.87. The Morgan fingerprint density at radius 2 is 1.88 bits per heavy atom. The summed E-state index contributed by atoms with van der Waals surface area (Å²) in [6, 6.07) is 0. The van der Waals surface area contributed by atoms with Crippen molar-refractivity contribution in [3.63, 3.8) is 0 Å². The van der Waals surface area contributed by atoms with Crippen molar-refractivity contribution in [2.75, 3.05) is 19.7 Å². The second-order valence-electron chi connectivity index (χ2n) is 5.36. The average Bonchev–Trinajstić information content (AvgIpc) is 2.12. The van der Waals surface area contributed by atoms with Crippen molar-refractivity contribution in [2.24, 2.45) is 0 Å². The standard InChI is InChI=1S/C13H27NO3/c1-11(2)16-10-6-8-14-9-7-12(15)17-13(3,4)5/h11,14H,6-10H2,1-5H3. The molecule has 0 bridgehead atoms. The highest BCUT2D eigenvalue weighted by Gasteiger charge is 2.15.